The van der Waals surface area contributed by atoms with E-state index in [1.54, 1.807) is 0 Å². The molecule has 0 aromatic heterocycles. The molecule has 0 aliphatic carbocycles. The van der Waals surface area contributed by atoms with E-state index >= 15 is 0 Å². The normalized spacial score (nSPS) is 45.4. The average molecular weight is 153 g/mol. The van der Waals surface area contributed by atoms with Gasteiger partial charge in [0.15, 0.2) is 0 Å². The fourth-order valence-corrected chi connectivity index (χ4v) is 1.83. The van der Waals surface area contributed by atoms with Crippen LogP contribution in [0.4, 0.5) is 0 Å². The standard InChI is InChI=1S/C10H19N/c1-6-7(2)9(4)11-10(5)8(6)3/h6-9H,1-5H3. The Hall–Kier alpha value is -0.330. The van der Waals surface area contributed by atoms with Crippen LogP contribution in [-0.4, -0.2) is 11.8 Å². The van der Waals surface area contributed by atoms with E-state index in [4.69, 9.17) is 0 Å². The molecular formula is C10H19N. The Kier molecular flexibility index (Phi) is 2.36. The zero-order valence-corrected chi connectivity index (χ0v) is 8.26. The minimum absolute atomic E-state index is 0.529. The van der Waals surface area contributed by atoms with Crippen molar-refractivity contribution in [1.29, 1.82) is 0 Å². The van der Waals surface area contributed by atoms with Gasteiger partial charge in [-0.05, 0) is 31.6 Å². The van der Waals surface area contributed by atoms with Crippen molar-refractivity contribution in [1.82, 2.24) is 0 Å². The number of aliphatic imine (C=N–C) groups is 1. The van der Waals surface area contributed by atoms with E-state index < -0.39 is 0 Å². The van der Waals surface area contributed by atoms with Crippen LogP contribution >= 0.6 is 0 Å². The van der Waals surface area contributed by atoms with Gasteiger partial charge in [-0.25, -0.2) is 0 Å². The predicted octanol–water partition coefficient (Wildman–Crippen LogP) is 2.76. The lowest BCUT2D eigenvalue weighted by molar-refractivity contribution is 0.276. The van der Waals surface area contributed by atoms with Crippen molar-refractivity contribution in [3.63, 3.8) is 0 Å². The van der Waals surface area contributed by atoms with E-state index in [-0.39, 0.29) is 0 Å². The van der Waals surface area contributed by atoms with Crippen molar-refractivity contribution in [2.24, 2.45) is 22.7 Å². The van der Waals surface area contributed by atoms with Crippen molar-refractivity contribution in [2.45, 2.75) is 40.7 Å². The van der Waals surface area contributed by atoms with Crippen LogP contribution in [-0.2, 0) is 0 Å². The minimum Gasteiger partial charge on any atom is -0.291 e. The van der Waals surface area contributed by atoms with Gasteiger partial charge in [0, 0.05) is 11.8 Å². The summed E-state index contributed by atoms with van der Waals surface area (Å²) >= 11 is 0. The summed E-state index contributed by atoms with van der Waals surface area (Å²) in [5.74, 6) is 2.22. The molecule has 1 rings (SSSR count). The fourth-order valence-electron chi connectivity index (χ4n) is 1.83. The van der Waals surface area contributed by atoms with Crippen LogP contribution in [0.25, 0.3) is 0 Å². The summed E-state index contributed by atoms with van der Waals surface area (Å²) in [5.41, 5.74) is 1.34. The summed E-state index contributed by atoms with van der Waals surface area (Å²) in [5, 5.41) is 0. The highest BCUT2D eigenvalue weighted by atomic mass is 14.8. The smallest absolute Gasteiger partial charge is 0.0499 e. The van der Waals surface area contributed by atoms with Crippen LogP contribution in [0.1, 0.15) is 34.6 Å². The van der Waals surface area contributed by atoms with Gasteiger partial charge in [0.05, 0.1) is 0 Å². The Morgan fingerprint density at radius 1 is 1.00 bits per heavy atom. The Labute approximate surface area is 69.9 Å². The molecule has 1 heteroatoms. The van der Waals surface area contributed by atoms with Gasteiger partial charge in [0.1, 0.15) is 0 Å². The highest BCUT2D eigenvalue weighted by Crippen LogP contribution is 2.30. The lowest BCUT2D eigenvalue weighted by atomic mass is 9.77. The molecule has 11 heavy (non-hydrogen) atoms. The predicted molar refractivity (Wildman–Crippen MR) is 50.1 cm³/mol. The van der Waals surface area contributed by atoms with Gasteiger partial charge >= 0.3 is 0 Å². The molecule has 0 aromatic rings. The number of nitrogens with zero attached hydrogens (tertiary/aromatic N) is 1. The molecule has 4 atom stereocenters. The van der Waals surface area contributed by atoms with E-state index in [1.807, 2.05) is 0 Å². The number of hydrogen-bond acceptors (Lipinski definition) is 1. The maximum Gasteiger partial charge on any atom is 0.0499 e. The molecule has 0 radical (unpaired) electrons. The first-order valence-electron chi connectivity index (χ1n) is 4.58. The lowest BCUT2D eigenvalue weighted by Crippen LogP contribution is -2.34. The van der Waals surface area contributed by atoms with Gasteiger partial charge in [-0.3, -0.25) is 4.99 Å². The van der Waals surface area contributed by atoms with Gasteiger partial charge in [0.25, 0.3) is 0 Å². The van der Waals surface area contributed by atoms with E-state index in [0.717, 1.165) is 11.8 Å². The first kappa shape index (κ1) is 8.76. The summed E-state index contributed by atoms with van der Waals surface area (Å²) in [4.78, 5) is 4.61. The van der Waals surface area contributed by atoms with Crippen molar-refractivity contribution in [3.8, 4) is 0 Å². The number of rotatable bonds is 0. The van der Waals surface area contributed by atoms with Gasteiger partial charge in [0.2, 0.25) is 0 Å². The lowest BCUT2D eigenvalue weighted by Gasteiger charge is -2.34. The molecule has 0 N–H and O–H groups in total. The van der Waals surface area contributed by atoms with Crippen LogP contribution in [0.2, 0.25) is 0 Å². The van der Waals surface area contributed by atoms with Crippen LogP contribution in [0.3, 0.4) is 0 Å². The highest BCUT2D eigenvalue weighted by Gasteiger charge is 2.29. The van der Waals surface area contributed by atoms with Crippen molar-refractivity contribution >= 4 is 5.71 Å². The van der Waals surface area contributed by atoms with Crippen LogP contribution in [0.5, 0.6) is 0 Å². The van der Waals surface area contributed by atoms with Gasteiger partial charge < -0.3 is 0 Å². The second-order valence-corrected chi connectivity index (χ2v) is 4.02. The molecule has 4 unspecified atom stereocenters. The molecule has 0 fully saturated rings. The van der Waals surface area contributed by atoms with Crippen molar-refractivity contribution in [3.05, 3.63) is 0 Å². The Morgan fingerprint density at radius 3 is 2.09 bits per heavy atom. The maximum absolute atomic E-state index is 4.61. The van der Waals surface area contributed by atoms with Gasteiger partial charge in [-0.2, -0.15) is 0 Å². The van der Waals surface area contributed by atoms with Crippen molar-refractivity contribution < 1.29 is 0 Å². The van der Waals surface area contributed by atoms with Crippen LogP contribution in [0.15, 0.2) is 4.99 Å². The first-order valence-corrected chi connectivity index (χ1v) is 4.58. The summed E-state index contributed by atoms with van der Waals surface area (Å²) < 4.78 is 0. The Morgan fingerprint density at radius 2 is 1.55 bits per heavy atom. The molecule has 0 bridgehead atoms. The SMILES string of the molecule is CC1=NC(C)C(C)C(C)C1C. The van der Waals surface area contributed by atoms with E-state index in [0.29, 0.717) is 12.0 Å². The quantitative estimate of drug-likeness (QED) is 0.507. The maximum atomic E-state index is 4.61. The first-order chi connectivity index (χ1) is 5.04. The van der Waals surface area contributed by atoms with E-state index in [1.165, 1.54) is 5.71 Å². The third-order valence-corrected chi connectivity index (χ3v) is 3.45. The Bertz CT molecular complexity index is 172. The zero-order chi connectivity index (χ0) is 8.59. The summed E-state index contributed by atoms with van der Waals surface area (Å²) in [6, 6.07) is 0.529. The molecule has 0 spiro atoms. The molecule has 1 aliphatic rings. The molecular weight excluding hydrogens is 134 g/mol. The summed E-state index contributed by atoms with van der Waals surface area (Å²) in [6.07, 6.45) is 0. The topological polar surface area (TPSA) is 12.4 Å². The Balaban J connectivity index is 2.83. The third-order valence-electron chi connectivity index (χ3n) is 3.45. The molecule has 0 saturated heterocycles. The largest absolute Gasteiger partial charge is 0.291 e. The molecule has 0 aromatic carbocycles. The summed E-state index contributed by atoms with van der Waals surface area (Å²) in [6.45, 7) is 11.3. The molecule has 1 aliphatic heterocycles. The van der Waals surface area contributed by atoms with Gasteiger partial charge in [-0.15, -0.1) is 0 Å². The molecule has 1 heterocycles. The fraction of sp³-hybridized carbons (Fsp3) is 0.900. The minimum atomic E-state index is 0.529. The molecule has 0 saturated carbocycles. The number of hydrogen-bond donors (Lipinski definition) is 0. The van der Waals surface area contributed by atoms with Gasteiger partial charge in [-0.1, -0.05) is 20.8 Å². The average Bonchev–Trinajstić information content (AvgIpc) is 1.97. The molecule has 0 amide bonds. The van der Waals surface area contributed by atoms with E-state index in [2.05, 4.69) is 39.6 Å². The molecule has 1 nitrogen and oxygen atoms in total. The van der Waals surface area contributed by atoms with E-state index in [9.17, 15) is 0 Å². The molecule has 64 valence electrons. The van der Waals surface area contributed by atoms with Crippen molar-refractivity contribution in [2.75, 3.05) is 0 Å². The third kappa shape index (κ3) is 1.47. The second-order valence-electron chi connectivity index (χ2n) is 4.02. The second kappa shape index (κ2) is 2.96. The van der Waals surface area contributed by atoms with Crippen LogP contribution < -0.4 is 0 Å². The zero-order valence-electron chi connectivity index (χ0n) is 8.26. The highest BCUT2D eigenvalue weighted by molar-refractivity contribution is 5.85. The monoisotopic (exact) mass is 153 g/mol. The van der Waals surface area contributed by atoms with Crippen LogP contribution in [0, 0.1) is 17.8 Å². The summed E-state index contributed by atoms with van der Waals surface area (Å²) in [7, 11) is 0.